The molecule has 0 N–H and O–H groups in total. The van der Waals surface area contributed by atoms with Crippen LogP contribution in [0.1, 0.15) is 22.8 Å². The molecule has 0 bridgehead atoms. The zero-order valence-electron chi connectivity index (χ0n) is 9.93. The maximum absolute atomic E-state index is 10.9. The number of benzene rings is 2. The minimum absolute atomic E-state index is 0.130. The summed E-state index contributed by atoms with van der Waals surface area (Å²) in [5.74, 6) is 0. The van der Waals surface area contributed by atoms with Crippen LogP contribution in [0.15, 0.2) is 42.5 Å². The van der Waals surface area contributed by atoms with Gasteiger partial charge in [0.2, 0.25) is 0 Å². The minimum Gasteiger partial charge on any atom is -0.324 e. The highest BCUT2D eigenvalue weighted by Crippen LogP contribution is 2.33. The SMILES string of the molecule is CC(Cl)n1c2ccccc2c2cc(C=O)ccc21. The molecule has 1 atom stereocenters. The van der Waals surface area contributed by atoms with Crippen molar-refractivity contribution in [1.82, 2.24) is 4.57 Å². The summed E-state index contributed by atoms with van der Waals surface area (Å²) < 4.78 is 2.08. The number of fused-ring (bicyclic) bond motifs is 3. The van der Waals surface area contributed by atoms with E-state index in [1.165, 1.54) is 0 Å². The Balaban J connectivity index is 2.53. The molecule has 0 amide bonds. The summed E-state index contributed by atoms with van der Waals surface area (Å²) in [6.45, 7) is 1.95. The number of para-hydroxylation sites is 1. The van der Waals surface area contributed by atoms with Crippen LogP contribution >= 0.6 is 11.6 Å². The first-order valence-electron chi connectivity index (χ1n) is 5.84. The van der Waals surface area contributed by atoms with Crippen molar-refractivity contribution >= 4 is 39.7 Å². The van der Waals surface area contributed by atoms with Crippen LogP contribution in [0.5, 0.6) is 0 Å². The number of alkyl halides is 1. The van der Waals surface area contributed by atoms with Gasteiger partial charge in [0.05, 0.1) is 11.0 Å². The molecule has 1 heterocycles. The second-order valence-corrected chi connectivity index (χ2v) is 4.99. The number of aromatic nitrogens is 1. The van der Waals surface area contributed by atoms with Crippen molar-refractivity contribution in [2.24, 2.45) is 0 Å². The van der Waals surface area contributed by atoms with Crippen LogP contribution in [0.4, 0.5) is 0 Å². The molecule has 0 saturated heterocycles. The van der Waals surface area contributed by atoms with E-state index in [9.17, 15) is 4.79 Å². The van der Waals surface area contributed by atoms with Gasteiger partial charge < -0.3 is 4.57 Å². The maximum Gasteiger partial charge on any atom is 0.150 e. The van der Waals surface area contributed by atoms with Gasteiger partial charge >= 0.3 is 0 Å². The molecule has 1 unspecified atom stereocenters. The Morgan fingerprint density at radius 1 is 1.11 bits per heavy atom. The standard InChI is InChI=1S/C15H12ClNO/c1-10(16)17-14-5-3-2-4-12(14)13-8-11(9-18)6-7-15(13)17/h2-10H,1H3. The maximum atomic E-state index is 10.9. The summed E-state index contributed by atoms with van der Waals surface area (Å²) in [5.41, 5.74) is 2.71. The Kier molecular flexibility index (Phi) is 2.60. The van der Waals surface area contributed by atoms with Crippen LogP contribution < -0.4 is 0 Å². The quantitative estimate of drug-likeness (QED) is 0.494. The average Bonchev–Trinajstić information content (AvgIpc) is 2.72. The van der Waals surface area contributed by atoms with Crippen LogP contribution in [0.2, 0.25) is 0 Å². The Bertz CT molecular complexity index is 743. The van der Waals surface area contributed by atoms with Gasteiger partial charge in [-0.15, -0.1) is 0 Å². The third-order valence-electron chi connectivity index (χ3n) is 3.23. The Labute approximate surface area is 110 Å². The molecule has 0 saturated carbocycles. The first-order valence-corrected chi connectivity index (χ1v) is 6.28. The highest BCUT2D eigenvalue weighted by molar-refractivity contribution is 6.20. The van der Waals surface area contributed by atoms with Crippen molar-refractivity contribution in [1.29, 1.82) is 0 Å². The van der Waals surface area contributed by atoms with Crippen LogP contribution in [-0.2, 0) is 0 Å². The molecule has 0 aliphatic carbocycles. The molecule has 0 fully saturated rings. The minimum atomic E-state index is -0.130. The number of halogens is 1. The van der Waals surface area contributed by atoms with E-state index in [1.807, 2.05) is 37.3 Å². The molecule has 18 heavy (non-hydrogen) atoms. The predicted molar refractivity (Wildman–Crippen MR) is 75.4 cm³/mol. The van der Waals surface area contributed by atoms with Gasteiger partial charge in [0.15, 0.2) is 0 Å². The van der Waals surface area contributed by atoms with Gasteiger partial charge in [-0.1, -0.05) is 29.8 Å². The average molecular weight is 258 g/mol. The van der Waals surface area contributed by atoms with Crippen LogP contribution in [0, 0.1) is 0 Å². The lowest BCUT2D eigenvalue weighted by molar-refractivity contribution is 0.112. The molecule has 90 valence electrons. The molecule has 1 aromatic heterocycles. The fourth-order valence-electron chi connectivity index (χ4n) is 2.48. The zero-order valence-corrected chi connectivity index (χ0v) is 10.7. The fourth-order valence-corrected chi connectivity index (χ4v) is 2.69. The van der Waals surface area contributed by atoms with Crippen molar-refractivity contribution in [3.05, 3.63) is 48.0 Å². The molecular weight excluding hydrogens is 246 g/mol. The molecule has 3 rings (SSSR count). The lowest BCUT2D eigenvalue weighted by atomic mass is 10.1. The van der Waals surface area contributed by atoms with Gasteiger partial charge in [0.1, 0.15) is 11.8 Å². The fraction of sp³-hybridized carbons (Fsp3) is 0.133. The van der Waals surface area contributed by atoms with E-state index >= 15 is 0 Å². The topological polar surface area (TPSA) is 22.0 Å². The molecular formula is C15H12ClNO. The van der Waals surface area contributed by atoms with Crippen molar-refractivity contribution in [2.75, 3.05) is 0 Å². The van der Waals surface area contributed by atoms with E-state index in [0.717, 1.165) is 28.1 Å². The number of rotatable bonds is 2. The van der Waals surface area contributed by atoms with E-state index < -0.39 is 0 Å². The summed E-state index contributed by atoms with van der Waals surface area (Å²) in [5, 5.41) is 2.20. The summed E-state index contributed by atoms with van der Waals surface area (Å²) in [6, 6.07) is 13.8. The second kappa shape index (κ2) is 4.14. The molecule has 3 heteroatoms. The van der Waals surface area contributed by atoms with Crippen molar-refractivity contribution in [3.8, 4) is 0 Å². The van der Waals surface area contributed by atoms with Crippen molar-refractivity contribution in [3.63, 3.8) is 0 Å². The smallest absolute Gasteiger partial charge is 0.150 e. The van der Waals surface area contributed by atoms with E-state index in [-0.39, 0.29) is 5.50 Å². The molecule has 2 aromatic carbocycles. The van der Waals surface area contributed by atoms with Gasteiger partial charge in [-0.2, -0.15) is 0 Å². The van der Waals surface area contributed by atoms with Crippen LogP contribution in [0.3, 0.4) is 0 Å². The predicted octanol–water partition coefficient (Wildman–Crippen LogP) is 4.36. The molecule has 0 aliphatic heterocycles. The lowest BCUT2D eigenvalue weighted by Crippen LogP contribution is -1.97. The third kappa shape index (κ3) is 1.53. The van der Waals surface area contributed by atoms with E-state index in [0.29, 0.717) is 5.56 Å². The molecule has 0 spiro atoms. The van der Waals surface area contributed by atoms with E-state index in [4.69, 9.17) is 11.6 Å². The van der Waals surface area contributed by atoms with Crippen LogP contribution in [-0.4, -0.2) is 10.9 Å². The Hall–Kier alpha value is -1.80. The van der Waals surface area contributed by atoms with Crippen LogP contribution in [0.25, 0.3) is 21.8 Å². The highest BCUT2D eigenvalue weighted by Gasteiger charge is 2.13. The number of carbonyl (C=O) groups is 1. The molecule has 0 aliphatic rings. The van der Waals surface area contributed by atoms with E-state index in [2.05, 4.69) is 16.7 Å². The first-order chi connectivity index (χ1) is 8.72. The third-order valence-corrected chi connectivity index (χ3v) is 3.42. The van der Waals surface area contributed by atoms with Crippen molar-refractivity contribution in [2.45, 2.75) is 12.4 Å². The van der Waals surface area contributed by atoms with E-state index in [1.54, 1.807) is 0 Å². The summed E-state index contributed by atoms with van der Waals surface area (Å²) >= 11 is 6.27. The largest absolute Gasteiger partial charge is 0.324 e. The number of hydrogen-bond acceptors (Lipinski definition) is 1. The molecule has 2 nitrogen and oxygen atoms in total. The van der Waals surface area contributed by atoms with Gasteiger partial charge in [-0.05, 0) is 31.2 Å². The number of aldehydes is 1. The Morgan fingerprint density at radius 2 is 1.83 bits per heavy atom. The summed E-state index contributed by atoms with van der Waals surface area (Å²) in [4.78, 5) is 10.9. The normalized spacial score (nSPS) is 13.0. The van der Waals surface area contributed by atoms with Gasteiger partial charge in [0, 0.05) is 16.3 Å². The zero-order chi connectivity index (χ0) is 12.7. The monoisotopic (exact) mass is 257 g/mol. The summed E-state index contributed by atoms with van der Waals surface area (Å²) in [7, 11) is 0. The lowest BCUT2D eigenvalue weighted by Gasteiger charge is -2.09. The molecule has 0 radical (unpaired) electrons. The summed E-state index contributed by atoms with van der Waals surface area (Å²) in [6.07, 6.45) is 0.871. The number of hydrogen-bond donors (Lipinski definition) is 0. The highest BCUT2D eigenvalue weighted by atomic mass is 35.5. The van der Waals surface area contributed by atoms with Gasteiger partial charge in [0.25, 0.3) is 0 Å². The second-order valence-electron chi connectivity index (χ2n) is 4.36. The number of nitrogens with zero attached hydrogens (tertiary/aromatic N) is 1. The Morgan fingerprint density at radius 3 is 2.56 bits per heavy atom. The van der Waals surface area contributed by atoms with Gasteiger partial charge in [-0.25, -0.2) is 0 Å². The first kappa shape index (κ1) is 11.3. The van der Waals surface area contributed by atoms with Gasteiger partial charge in [-0.3, -0.25) is 4.79 Å². The van der Waals surface area contributed by atoms with Crippen molar-refractivity contribution < 1.29 is 4.79 Å². The number of carbonyl (C=O) groups excluding carboxylic acids is 1. The molecule has 3 aromatic rings.